The van der Waals surface area contributed by atoms with E-state index in [1.54, 1.807) is 12.1 Å². The SMILES string of the molecule is OCc1cc(F)c(OCc2cccc(O)c2)c(F)c1. The van der Waals surface area contributed by atoms with Gasteiger partial charge in [-0.05, 0) is 35.4 Å². The van der Waals surface area contributed by atoms with E-state index in [2.05, 4.69) is 0 Å². The van der Waals surface area contributed by atoms with Crippen molar-refractivity contribution in [2.24, 2.45) is 0 Å². The van der Waals surface area contributed by atoms with E-state index in [0.29, 0.717) is 5.56 Å². The smallest absolute Gasteiger partial charge is 0.191 e. The second kappa shape index (κ2) is 5.67. The summed E-state index contributed by atoms with van der Waals surface area (Å²) in [5, 5.41) is 18.1. The van der Waals surface area contributed by atoms with E-state index in [1.165, 1.54) is 12.1 Å². The summed E-state index contributed by atoms with van der Waals surface area (Å²) in [6.45, 7) is -0.513. The molecule has 0 atom stereocenters. The van der Waals surface area contributed by atoms with E-state index < -0.39 is 24.0 Å². The topological polar surface area (TPSA) is 49.7 Å². The summed E-state index contributed by atoms with van der Waals surface area (Å²) in [6, 6.07) is 8.23. The van der Waals surface area contributed by atoms with Crippen LogP contribution in [0.4, 0.5) is 8.78 Å². The van der Waals surface area contributed by atoms with Gasteiger partial charge in [0.25, 0.3) is 0 Å². The number of ether oxygens (including phenoxy) is 1. The Kier molecular flexibility index (Phi) is 3.97. The maximum Gasteiger partial charge on any atom is 0.191 e. The zero-order valence-electron chi connectivity index (χ0n) is 9.94. The summed E-state index contributed by atoms with van der Waals surface area (Å²) < 4.78 is 32.2. The fourth-order valence-corrected chi connectivity index (χ4v) is 1.64. The van der Waals surface area contributed by atoms with Gasteiger partial charge in [0.2, 0.25) is 0 Å². The van der Waals surface area contributed by atoms with Gasteiger partial charge in [-0.25, -0.2) is 8.78 Å². The van der Waals surface area contributed by atoms with E-state index in [4.69, 9.17) is 9.84 Å². The number of aromatic hydroxyl groups is 1. The van der Waals surface area contributed by atoms with Gasteiger partial charge in [-0.15, -0.1) is 0 Å². The van der Waals surface area contributed by atoms with E-state index in [0.717, 1.165) is 12.1 Å². The van der Waals surface area contributed by atoms with Crippen molar-refractivity contribution in [3.63, 3.8) is 0 Å². The van der Waals surface area contributed by atoms with Gasteiger partial charge in [-0.3, -0.25) is 0 Å². The summed E-state index contributed by atoms with van der Waals surface area (Å²) in [5.74, 6) is -2.19. The standard InChI is InChI=1S/C14H12F2O3/c15-12-5-10(7-17)6-13(16)14(12)19-8-9-2-1-3-11(18)4-9/h1-6,17-18H,7-8H2. The molecule has 3 nitrogen and oxygen atoms in total. The predicted molar refractivity (Wildman–Crippen MR) is 64.7 cm³/mol. The predicted octanol–water partition coefficient (Wildman–Crippen LogP) is 2.74. The molecule has 0 saturated heterocycles. The van der Waals surface area contributed by atoms with Crippen molar-refractivity contribution in [2.75, 3.05) is 0 Å². The number of halogens is 2. The molecule has 0 unspecified atom stereocenters. The normalized spacial score (nSPS) is 10.5. The number of hydrogen-bond acceptors (Lipinski definition) is 3. The van der Waals surface area contributed by atoms with Gasteiger partial charge in [0, 0.05) is 0 Å². The highest BCUT2D eigenvalue weighted by Gasteiger charge is 2.12. The molecular weight excluding hydrogens is 254 g/mol. The molecule has 0 spiro atoms. The summed E-state index contributed by atoms with van der Waals surface area (Å²) >= 11 is 0. The zero-order valence-corrected chi connectivity index (χ0v) is 9.94. The van der Waals surface area contributed by atoms with Crippen LogP contribution < -0.4 is 4.74 Å². The Labute approximate surface area is 108 Å². The summed E-state index contributed by atoms with van der Waals surface area (Å²) in [4.78, 5) is 0. The molecule has 0 fully saturated rings. The van der Waals surface area contributed by atoms with Crippen molar-refractivity contribution >= 4 is 0 Å². The van der Waals surface area contributed by atoms with Crippen molar-refractivity contribution in [2.45, 2.75) is 13.2 Å². The largest absolute Gasteiger partial charge is 0.508 e. The molecule has 0 heterocycles. The van der Waals surface area contributed by atoms with Crippen LogP contribution in [-0.4, -0.2) is 10.2 Å². The highest BCUT2D eigenvalue weighted by atomic mass is 19.1. The van der Waals surface area contributed by atoms with Gasteiger partial charge in [0.15, 0.2) is 17.4 Å². The molecule has 2 aromatic carbocycles. The number of phenols is 1. The minimum absolute atomic E-state index is 0.0534. The maximum atomic E-state index is 13.6. The molecule has 0 aliphatic rings. The van der Waals surface area contributed by atoms with E-state index in [1.807, 2.05) is 0 Å². The van der Waals surface area contributed by atoms with Crippen LogP contribution in [0.2, 0.25) is 0 Å². The second-order valence-corrected chi connectivity index (χ2v) is 4.01. The third kappa shape index (κ3) is 3.20. The third-order valence-electron chi connectivity index (χ3n) is 2.53. The number of hydrogen-bond donors (Lipinski definition) is 2. The first kappa shape index (κ1) is 13.3. The Morgan fingerprint density at radius 1 is 1.00 bits per heavy atom. The fourth-order valence-electron chi connectivity index (χ4n) is 1.64. The maximum absolute atomic E-state index is 13.6. The molecule has 0 amide bonds. The first-order chi connectivity index (χ1) is 9.10. The lowest BCUT2D eigenvalue weighted by Crippen LogP contribution is -2.01. The van der Waals surface area contributed by atoms with Crippen LogP contribution in [0, 0.1) is 11.6 Å². The Hall–Kier alpha value is -2.14. The van der Waals surface area contributed by atoms with E-state index >= 15 is 0 Å². The van der Waals surface area contributed by atoms with Crippen LogP contribution in [0.25, 0.3) is 0 Å². The number of benzene rings is 2. The molecule has 0 aromatic heterocycles. The van der Waals surface area contributed by atoms with Gasteiger partial charge in [-0.1, -0.05) is 12.1 Å². The molecule has 0 aliphatic heterocycles. The highest BCUT2D eigenvalue weighted by molar-refractivity contribution is 5.32. The van der Waals surface area contributed by atoms with Crippen LogP contribution in [-0.2, 0) is 13.2 Å². The van der Waals surface area contributed by atoms with Gasteiger partial charge in [0.05, 0.1) is 6.61 Å². The first-order valence-corrected chi connectivity index (χ1v) is 5.59. The van der Waals surface area contributed by atoms with Crippen LogP contribution >= 0.6 is 0 Å². The minimum Gasteiger partial charge on any atom is -0.508 e. The summed E-state index contributed by atoms with van der Waals surface area (Å²) in [7, 11) is 0. The summed E-state index contributed by atoms with van der Waals surface area (Å²) in [5.41, 5.74) is 0.727. The Balaban J connectivity index is 2.16. The average Bonchev–Trinajstić information content (AvgIpc) is 2.37. The molecule has 0 saturated carbocycles. The van der Waals surface area contributed by atoms with Crippen molar-refractivity contribution in [1.29, 1.82) is 0 Å². The van der Waals surface area contributed by atoms with E-state index in [-0.39, 0.29) is 17.9 Å². The number of aliphatic hydroxyl groups is 1. The average molecular weight is 266 g/mol. The molecule has 0 aliphatic carbocycles. The van der Waals surface area contributed by atoms with Gasteiger partial charge in [0.1, 0.15) is 12.4 Å². The summed E-state index contributed by atoms with van der Waals surface area (Å²) in [6.07, 6.45) is 0. The molecule has 5 heteroatoms. The van der Waals surface area contributed by atoms with Crippen molar-refractivity contribution < 1.29 is 23.7 Å². The molecule has 0 radical (unpaired) electrons. The van der Waals surface area contributed by atoms with Gasteiger partial charge >= 0.3 is 0 Å². The monoisotopic (exact) mass is 266 g/mol. The lowest BCUT2D eigenvalue weighted by Gasteiger charge is -2.09. The first-order valence-electron chi connectivity index (χ1n) is 5.59. The van der Waals surface area contributed by atoms with Gasteiger partial charge in [-0.2, -0.15) is 0 Å². The highest BCUT2D eigenvalue weighted by Crippen LogP contribution is 2.24. The molecule has 2 N–H and O–H groups in total. The van der Waals surface area contributed by atoms with Crippen LogP contribution in [0.1, 0.15) is 11.1 Å². The van der Waals surface area contributed by atoms with Crippen LogP contribution in [0.5, 0.6) is 11.5 Å². The minimum atomic E-state index is -0.871. The molecule has 2 rings (SSSR count). The quantitative estimate of drug-likeness (QED) is 0.894. The Bertz CT molecular complexity index is 562. The molecular formula is C14H12F2O3. The zero-order chi connectivity index (χ0) is 13.8. The third-order valence-corrected chi connectivity index (χ3v) is 2.53. The van der Waals surface area contributed by atoms with Gasteiger partial charge < -0.3 is 14.9 Å². The fraction of sp³-hybridized carbons (Fsp3) is 0.143. The molecule has 100 valence electrons. The molecule has 2 aromatic rings. The lowest BCUT2D eigenvalue weighted by atomic mass is 10.2. The lowest BCUT2D eigenvalue weighted by molar-refractivity contribution is 0.266. The second-order valence-electron chi connectivity index (χ2n) is 4.01. The van der Waals surface area contributed by atoms with Crippen molar-refractivity contribution in [3.05, 3.63) is 59.2 Å². The van der Waals surface area contributed by atoms with Crippen LogP contribution in [0.3, 0.4) is 0 Å². The molecule has 0 bridgehead atoms. The van der Waals surface area contributed by atoms with Crippen molar-refractivity contribution in [3.8, 4) is 11.5 Å². The number of rotatable bonds is 4. The number of phenolic OH excluding ortho intramolecular Hbond substituents is 1. The van der Waals surface area contributed by atoms with Crippen LogP contribution in [0.15, 0.2) is 36.4 Å². The van der Waals surface area contributed by atoms with Crippen molar-refractivity contribution in [1.82, 2.24) is 0 Å². The Morgan fingerprint density at radius 3 is 2.26 bits per heavy atom. The Morgan fingerprint density at radius 2 is 1.68 bits per heavy atom. The number of aliphatic hydroxyl groups excluding tert-OH is 1. The molecule has 19 heavy (non-hydrogen) atoms. The van der Waals surface area contributed by atoms with E-state index in [9.17, 15) is 13.9 Å².